The van der Waals surface area contributed by atoms with E-state index in [0.717, 1.165) is 18.3 Å². The topological polar surface area (TPSA) is 79.4 Å². The van der Waals surface area contributed by atoms with Gasteiger partial charge in [-0.15, -0.1) is 0 Å². The van der Waals surface area contributed by atoms with E-state index in [1.165, 1.54) is 32.1 Å². The molecule has 2 fully saturated rings. The summed E-state index contributed by atoms with van der Waals surface area (Å²) < 4.78 is 23.0. The summed E-state index contributed by atoms with van der Waals surface area (Å²) in [5.74, 6) is 2.35. The van der Waals surface area contributed by atoms with Crippen LogP contribution in [-0.2, 0) is 9.84 Å². The summed E-state index contributed by atoms with van der Waals surface area (Å²) in [6, 6.07) is 3.61. The number of amides is 1. The van der Waals surface area contributed by atoms with E-state index in [4.69, 9.17) is 0 Å². The van der Waals surface area contributed by atoms with Crippen LogP contribution in [0.2, 0.25) is 0 Å². The molecule has 26 heavy (non-hydrogen) atoms. The number of nitrogens with one attached hydrogen (secondary N) is 1. The van der Waals surface area contributed by atoms with E-state index in [9.17, 15) is 13.2 Å². The lowest BCUT2D eigenvalue weighted by Gasteiger charge is -2.28. The fourth-order valence-corrected chi connectivity index (χ4v) is 5.02. The van der Waals surface area contributed by atoms with Crippen LogP contribution in [0.1, 0.15) is 49.4 Å². The van der Waals surface area contributed by atoms with Crippen molar-refractivity contribution in [2.45, 2.75) is 39.0 Å². The Bertz CT molecular complexity index is 696. The average molecular weight is 380 g/mol. The fraction of sp³-hybridized carbons (Fsp3) is 0.684. The second-order valence-electron chi connectivity index (χ2n) is 7.55. The lowest BCUT2D eigenvalue weighted by Crippen LogP contribution is -2.43. The minimum Gasteiger partial charge on any atom is -0.370 e. The van der Waals surface area contributed by atoms with Gasteiger partial charge in [0.1, 0.15) is 5.82 Å². The van der Waals surface area contributed by atoms with Crippen molar-refractivity contribution >= 4 is 21.6 Å². The van der Waals surface area contributed by atoms with Gasteiger partial charge in [0.25, 0.3) is 5.91 Å². The van der Waals surface area contributed by atoms with Gasteiger partial charge in [0.15, 0.2) is 9.84 Å². The molecule has 1 amide bonds. The number of carbonyl (C=O) groups is 1. The third kappa shape index (κ3) is 4.96. The Morgan fingerprint density at radius 3 is 2.38 bits per heavy atom. The first-order chi connectivity index (χ1) is 12.5. The summed E-state index contributed by atoms with van der Waals surface area (Å²) in [6.07, 6.45) is 8.09. The molecule has 1 aromatic rings. The smallest absolute Gasteiger partial charge is 0.255 e. The van der Waals surface area contributed by atoms with Crippen molar-refractivity contribution in [3.63, 3.8) is 0 Å². The number of rotatable bonds is 5. The number of carbonyl (C=O) groups excluding carboxylic acids is 1. The first-order valence-corrected chi connectivity index (χ1v) is 11.5. The zero-order valence-corrected chi connectivity index (χ0v) is 16.3. The summed E-state index contributed by atoms with van der Waals surface area (Å²) in [6.45, 7) is 3.74. The maximum atomic E-state index is 12.5. The van der Waals surface area contributed by atoms with Crippen LogP contribution in [0.5, 0.6) is 0 Å². The van der Waals surface area contributed by atoms with Gasteiger partial charge >= 0.3 is 0 Å². The van der Waals surface area contributed by atoms with Gasteiger partial charge in [0.2, 0.25) is 0 Å². The molecule has 0 radical (unpaired) electrons. The van der Waals surface area contributed by atoms with Crippen LogP contribution in [0.3, 0.4) is 0 Å². The number of nitrogens with zero attached hydrogens (tertiary/aromatic N) is 2. The molecule has 0 unspecified atom stereocenters. The second-order valence-corrected chi connectivity index (χ2v) is 9.86. The standard InChI is InChI=1S/C19H29N3O3S/c1-2-15-3-5-16(6-4-15)13-20-18-8-7-17(14-21-18)19(23)22-9-11-26(24,25)12-10-22/h7-8,14-16H,2-6,9-13H2,1H3,(H,20,21). The van der Waals surface area contributed by atoms with Crippen LogP contribution in [-0.4, -0.2) is 55.3 Å². The number of pyridine rings is 1. The first-order valence-electron chi connectivity index (χ1n) is 9.66. The Balaban J connectivity index is 1.48. The summed E-state index contributed by atoms with van der Waals surface area (Å²) in [5, 5.41) is 3.39. The van der Waals surface area contributed by atoms with Gasteiger partial charge in [0, 0.05) is 25.8 Å². The highest BCUT2D eigenvalue weighted by Gasteiger charge is 2.26. The molecule has 144 valence electrons. The number of hydrogen-bond acceptors (Lipinski definition) is 5. The molecule has 1 aliphatic carbocycles. The minimum atomic E-state index is -2.98. The average Bonchev–Trinajstić information content (AvgIpc) is 2.66. The molecule has 0 atom stereocenters. The van der Waals surface area contributed by atoms with Crippen LogP contribution < -0.4 is 5.32 Å². The Morgan fingerprint density at radius 1 is 1.15 bits per heavy atom. The van der Waals surface area contributed by atoms with Gasteiger partial charge in [-0.3, -0.25) is 4.79 Å². The predicted octanol–water partition coefficient (Wildman–Crippen LogP) is 2.58. The van der Waals surface area contributed by atoms with Gasteiger partial charge in [-0.2, -0.15) is 0 Å². The molecular formula is C19H29N3O3S. The largest absolute Gasteiger partial charge is 0.370 e. The number of aromatic nitrogens is 1. The molecular weight excluding hydrogens is 350 g/mol. The maximum absolute atomic E-state index is 12.5. The lowest BCUT2D eigenvalue weighted by atomic mass is 9.81. The molecule has 0 aromatic carbocycles. The van der Waals surface area contributed by atoms with Crippen LogP contribution in [0.25, 0.3) is 0 Å². The van der Waals surface area contributed by atoms with Crippen molar-refractivity contribution in [3.05, 3.63) is 23.9 Å². The highest BCUT2D eigenvalue weighted by Crippen LogP contribution is 2.30. The van der Waals surface area contributed by atoms with Gasteiger partial charge in [-0.25, -0.2) is 13.4 Å². The summed E-state index contributed by atoms with van der Waals surface area (Å²) in [5.41, 5.74) is 0.512. The molecule has 1 aliphatic heterocycles. The normalized spacial score (nSPS) is 25.7. The van der Waals surface area contributed by atoms with Crippen LogP contribution >= 0.6 is 0 Å². The Hall–Kier alpha value is -1.63. The van der Waals surface area contributed by atoms with E-state index in [0.29, 0.717) is 11.5 Å². The number of anilines is 1. The quantitative estimate of drug-likeness (QED) is 0.851. The zero-order chi connectivity index (χ0) is 18.6. The molecule has 3 rings (SSSR count). The molecule has 1 N–H and O–H groups in total. The van der Waals surface area contributed by atoms with Crippen LogP contribution in [0.4, 0.5) is 5.82 Å². The Labute approximate surface area is 156 Å². The maximum Gasteiger partial charge on any atom is 0.255 e. The molecule has 1 saturated heterocycles. The molecule has 0 bridgehead atoms. The van der Waals surface area contributed by atoms with Crippen LogP contribution in [0, 0.1) is 11.8 Å². The minimum absolute atomic E-state index is 0.0477. The van der Waals surface area contributed by atoms with E-state index in [2.05, 4.69) is 17.2 Å². The second kappa shape index (κ2) is 8.37. The van der Waals surface area contributed by atoms with E-state index in [1.54, 1.807) is 17.2 Å². The lowest BCUT2D eigenvalue weighted by molar-refractivity contribution is 0.0770. The van der Waals surface area contributed by atoms with E-state index < -0.39 is 9.84 Å². The van der Waals surface area contributed by atoms with E-state index >= 15 is 0 Å². The van der Waals surface area contributed by atoms with Gasteiger partial charge in [-0.05, 0) is 36.8 Å². The Morgan fingerprint density at radius 2 is 1.81 bits per heavy atom. The molecule has 2 heterocycles. The summed E-state index contributed by atoms with van der Waals surface area (Å²) in [4.78, 5) is 18.4. The molecule has 6 nitrogen and oxygen atoms in total. The first kappa shape index (κ1) is 19.1. The third-order valence-electron chi connectivity index (χ3n) is 5.76. The van der Waals surface area contributed by atoms with Gasteiger partial charge in [0.05, 0.1) is 17.1 Å². The predicted molar refractivity (Wildman–Crippen MR) is 103 cm³/mol. The third-order valence-corrected chi connectivity index (χ3v) is 7.37. The number of sulfone groups is 1. The van der Waals surface area contributed by atoms with Crippen molar-refractivity contribution in [2.75, 3.05) is 36.5 Å². The summed E-state index contributed by atoms with van der Waals surface area (Å²) in [7, 11) is -2.98. The van der Waals surface area contributed by atoms with E-state index in [1.807, 2.05) is 6.07 Å². The van der Waals surface area contributed by atoms with E-state index in [-0.39, 0.29) is 30.5 Å². The molecule has 2 aliphatic rings. The zero-order valence-electron chi connectivity index (χ0n) is 15.5. The van der Waals surface area contributed by atoms with Gasteiger partial charge < -0.3 is 10.2 Å². The molecule has 0 spiro atoms. The van der Waals surface area contributed by atoms with Crippen molar-refractivity contribution in [3.8, 4) is 0 Å². The van der Waals surface area contributed by atoms with Crippen molar-refractivity contribution in [2.24, 2.45) is 11.8 Å². The molecule has 1 aromatic heterocycles. The van der Waals surface area contributed by atoms with Gasteiger partial charge in [-0.1, -0.05) is 26.2 Å². The highest BCUT2D eigenvalue weighted by atomic mass is 32.2. The molecule has 7 heteroatoms. The van der Waals surface area contributed by atoms with Crippen molar-refractivity contribution in [1.82, 2.24) is 9.88 Å². The Kier molecular flexibility index (Phi) is 6.16. The van der Waals surface area contributed by atoms with Crippen molar-refractivity contribution in [1.29, 1.82) is 0 Å². The summed E-state index contributed by atoms with van der Waals surface area (Å²) >= 11 is 0. The fourth-order valence-electron chi connectivity index (χ4n) is 3.82. The van der Waals surface area contributed by atoms with Crippen LogP contribution in [0.15, 0.2) is 18.3 Å². The monoisotopic (exact) mass is 379 g/mol. The molecule has 1 saturated carbocycles. The SMILES string of the molecule is CCC1CCC(CNc2ccc(C(=O)N3CCS(=O)(=O)CC3)cn2)CC1. The number of hydrogen-bond donors (Lipinski definition) is 1. The van der Waals surface area contributed by atoms with Crippen molar-refractivity contribution < 1.29 is 13.2 Å². The highest BCUT2D eigenvalue weighted by molar-refractivity contribution is 7.91.